The lowest BCUT2D eigenvalue weighted by Gasteiger charge is -2.26. The standard InChI is InChI=1S/C12H17BrFNOS/c1-8(15-17(16)12(2,3)4)9-5-10(13)7-11(14)6-9/h5-8,15H,1-4H3/t8?,17-/m0/s1. The second-order valence-electron chi connectivity index (χ2n) is 4.92. The highest BCUT2D eigenvalue weighted by Gasteiger charge is 2.28. The smallest absolute Gasteiger partial charge is 0.136 e. The van der Waals surface area contributed by atoms with Gasteiger partial charge in [-0.2, -0.15) is 0 Å². The van der Waals surface area contributed by atoms with E-state index in [0.717, 1.165) is 5.56 Å². The van der Waals surface area contributed by atoms with E-state index in [2.05, 4.69) is 20.7 Å². The van der Waals surface area contributed by atoms with Crippen LogP contribution in [-0.4, -0.2) is 9.30 Å². The summed E-state index contributed by atoms with van der Waals surface area (Å²) in [6.07, 6.45) is 0. The molecular weight excluding hydrogens is 305 g/mol. The first-order valence-electron chi connectivity index (χ1n) is 5.34. The van der Waals surface area contributed by atoms with Crippen molar-refractivity contribution in [1.29, 1.82) is 0 Å². The van der Waals surface area contributed by atoms with Crippen LogP contribution >= 0.6 is 15.9 Å². The Kier molecular flexibility index (Phi) is 5.01. The highest BCUT2D eigenvalue weighted by atomic mass is 79.9. The van der Waals surface area contributed by atoms with Gasteiger partial charge in [0.1, 0.15) is 10.6 Å². The van der Waals surface area contributed by atoms with Gasteiger partial charge < -0.3 is 4.55 Å². The van der Waals surface area contributed by atoms with Gasteiger partial charge in [0.2, 0.25) is 0 Å². The maximum Gasteiger partial charge on any atom is 0.136 e. The van der Waals surface area contributed by atoms with Gasteiger partial charge in [-0.3, -0.25) is 0 Å². The molecule has 1 aromatic rings. The minimum atomic E-state index is -1.17. The van der Waals surface area contributed by atoms with Gasteiger partial charge in [-0.05, 0) is 51.5 Å². The zero-order chi connectivity index (χ0) is 13.2. The predicted octanol–water partition coefficient (Wildman–Crippen LogP) is 3.70. The van der Waals surface area contributed by atoms with Crippen LogP contribution in [0.4, 0.5) is 4.39 Å². The molecule has 1 rings (SSSR count). The van der Waals surface area contributed by atoms with Crippen LogP contribution in [0.1, 0.15) is 39.3 Å². The Morgan fingerprint density at radius 1 is 1.35 bits per heavy atom. The molecule has 0 bridgehead atoms. The summed E-state index contributed by atoms with van der Waals surface area (Å²) < 4.78 is 28.5. The molecule has 1 aromatic carbocycles. The average molecular weight is 322 g/mol. The van der Waals surface area contributed by atoms with E-state index in [1.807, 2.05) is 33.8 Å². The molecule has 0 aromatic heterocycles. The van der Waals surface area contributed by atoms with E-state index in [1.54, 1.807) is 0 Å². The molecule has 1 unspecified atom stereocenters. The first-order chi connectivity index (χ1) is 7.70. The summed E-state index contributed by atoms with van der Waals surface area (Å²) in [6.45, 7) is 7.55. The number of rotatable bonds is 3. The fourth-order valence-corrected chi connectivity index (χ4v) is 2.52. The summed E-state index contributed by atoms with van der Waals surface area (Å²) in [6, 6.07) is 4.50. The Morgan fingerprint density at radius 2 is 1.94 bits per heavy atom. The molecule has 2 nitrogen and oxygen atoms in total. The fourth-order valence-electron chi connectivity index (χ4n) is 1.23. The van der Waals surface area contributed by atoms with E-state index in [-0.39, 0.29) is 16.6 Å². The minimum Gasteiger partial charge on any atom is -0.598 e. The number of hydrogen-bond donors (Lipinski definition) is 1. The Morgan fingerprint density at radius 3 is 2.41 bits per heavy atom. The van der Waals surface area contributed by atoms with E-state index in [9.17, 15) is 8.94 Å². The topological polar surface area (TPSA) is 35.1 Å². The van der Waals surface area contributed by atoms with Crippen molar-refractivity contribution in [2.75, 3.05) is 0 Å². The van der Waals surface area contributed by atoms with Crippen LogP contribution in [0, 0.1) is 5.82 Å². The Hall–Kier alpha value is -0.100. The van der Waals surface area contributed by atoms with Gasteiger partial charge in [-0.25, -0.2) is 4.39 Å². The van der Waals surface area contributed by atoms with E-state index in [0.29, 0.717) is 4.47 Å². The van der Waals surface area contributed by atoms with Crippen LogP contribution in [0.15, 0.2) is 22.7 Å². The molecule has 0 spiro atoms. The summed E-state index contributed by atoms with van der Waals surface area (Å²) in [5.41, 5.74) is 0.773. The van der Waals surface area contributed by atoms with Crippen molar-refractivity contribution in [1.82, 2.24) is 4.72 Å². The molecule has 2 atom stereocenters. The maximum atomic E-state index is 13.2. The highest BCUT2D eigenvalue weighted by molar-refractivity contribution is 9.10. The molecule has 5 heteroatoms. The summed E-state index contributed by atoms with van der Waals surface area (Å²) >= 11 is 2.07. The second kappa shape index (κ2) is 5.69. The van der Waals surface area contributed by atoms with Crippen LogP contribution in [-0.2, 0) is 11.4 Å². The van der Waals surface area contributed by atoms with Crippen molar-refractivity contribution in [3.8, 4) is 0 Å². The van der Waals surface area contributed by atoms with Crippen molar-refractivity contribution < 1.29 is 8.94 Å². The van der Waals surface area contributed by atoms with Crippen LogP contribution in [0.2, 0.25) is 0 Å². The van der Waals surface area contributed by atoms with Gasteiger partial charge in [-0.15, -0.1) is 4.72 Å². The molecule has 0 heterocycles. The van der Waals surface area contributed by atoms with Crippen LogP contribution in [0.5, 0.6) is 0 Å². The van der Waals surface area contributed by atoms with Crippen molar-refractivity contribution in [3.63, 3.8) is 0 Å². The number of benzene rings is 1. The Labute approximate surface area is 113 Å². The lowest BCUT2D eigenvalue weighted by atomic mass is 10.1. The second-order valence-corrected chi connectivity index (χ2v) is 7.84. The molecule has 0 saturated carbocycles. The molecule has 0 fully saturated rings. The van der Waals surface area contributed by atoms with Crippen LogP contribution in [0.25, 0.3) is 0 Å². The molecule has 0 radical (unpaired) electrons. The Balaban J connectivity index is 2.79. The molecule has 0 amide bonds. The van der Waals surface area contributed by atoms with Crippen molar-refractivity contribution in [3.05, 3.63) is 34.1 Å². The van der Waals surface area contributed by atoms with E-state index < -0.39 is 11.4 Å². The number of hydrogen-bond acceptors (Lipinski definition) is 2. The monoisotopic (exact) mass is 321 g/mol. The predicted molar refractivity (Wildman–Crippen MR) is 73.5 cm³/mol. The van der Waals surface area contributed by atoms with Crippen molar-refractivity contribution in [2.24, 2.45) is 0 Å². The minimum absolute atomic E-state index is 0.165. The normalized spacial score (nSPS) is 15.7. The molecular formula is C12H17BrFNOS. The quantitative estimate of drug-likeness (QED) is 0.861. The van der Waals surface area contributed by atoms with Gasteiger partial charge in [0.25, 0.3) is 0 Å². The number of nitrogens with one attached hydrogen (secondary N) is 1. The average Bonchev–Trinajstić information content (AvgIpc) is 2.14. The third kappa shape index (κ3) is 4.58. The summed E-state index contributed by atoms with van der Waals surface area (Å²) in [4.78, 5) is 0. The third-order valence-electron chi connectivity index (χ3n) is 2.22. The molecule has 0 aliphatic heterocycles. The van der Waals surface area contributed by atoms with Crippen LogP contribution < -0.4 is 4.72 Å². The molecule has 0 saturated heterocycles. The first-order valence-corrected chi connectivity index (χ1v) is 7.28. The third-order valence-corrected chi connectivity index (χ3v) is 4.36. The van der Waals surface area contributed by atoms with Crippen molar-refractivity contribution >= 4 is 27.3 Å². The molecule has 17 heavy (non-hydrogen) atoms. The molecule has 1 N–H and O–H groups in total. The first kappa shape index (κ1) is 15.0. The summed E-state index contributed by atoms with van der Waals surface area (Å²) in [7, 11) is 0. The van der Waals surface area contributed by atoms with E-state index >= 15 is 0 Å². The summed E-state index contributed by atoms with van der Waals surface area (Å²) in [5, 5.41) is 0. The zero-order valence-corrected chi connectivity index (χ0v) is 12.8. The fraction of sp³-hybridized carbons (Fsp3) is 0.500. The maximum absolute atomic E-state index is 13.2. The van der Waals surface area contributed by atoms with Gasteiger partial charge in [0.15, 0.2) is 0 Å². The van der Waals surface area contributed by atoms with Crippen molar-refractivity contribution in [2.45, 2.75) is 38.5 Å². The van der Waals surface area contributed by atoms with Crippen LogP contribution in [0.3, 0.4) is 0 Å². The van der Waals surface area contributed by atoms with E-state index in [4.69, 9.17) is 0 Å². The number of halogens is 2. The van der Waals surface area contributed by atoms with Gasteiger partial charge in [0, 0.05) is 15.8 Å². The van der Waals surface area contributed by atoms with E-state index in [1.165, 1.54) is 12.1 Å². The molecule has 0 aliphatic rings. The molecule has 0 aliphatic carbocycles. The lowest BCUT2D eigenvalue weighted by molar-refractivity contribution is 0.530. The summed E-state index contributed by atoms with van der Waals surface area (Å²) in [5.74, 6) is -0.301. The van der Waals surface area contributed by atoms with Gasteiger partial charge in [0.05, 0.1) is 6.04 Å². The molecule has 96 valence electrons. The largest absolute Gasteiger partial charge is 0.598 e. The Bertz CT molecular complexity index is 374. The zero-order valence-electron chi connectivity index (χ0n) is 10.4. The lowest BCUT2D eigenvalue weighted by Crippen LogP contribution is -2.40. The van der Waals surface area contributed by atoms with Gasteiger partial charge in [-0.1, -0.05) is 15.9 Å². The SMILES string of the molecule is CC(N[S@@+]([O-])C(C)(C)C)c1cc(F)cc(Br)c1. The van der Waals surface area contributed by atoms with Gasteiger partial charge >= 0.3 is 0 Å². The highest BCUT2D eigenvalue weighted by Crippen LogP contribution is 2.23.